The van der Waals surface area contributed by atoms with Gasteiger partial charge in [-0.2, -0.15) is 0 Å². The summed E-state index contributed by atoms with van der Waals surface area (Å²) in [7, 11) is 1.58. The van der Waals surface area contributed by atoms with Crippen LogP contribution in [0.15, 0.2) is 36.4 Å². The third-order valence-electron chi connectivity index (χ3n) is 4.74. The molecule has 0 aliphatic carbocycles. The second kappa shape index (κ2) is 11.5. The van der Waals surface area contributed by atoms with Crippen molar-refractivity contribution in [2.24, 2.45) is 0 Å². The van der Waals surface area contributed by atoms with Crippen LogP contribution in [0.25, 0.3) is 0 Å². The zero-order chi connectivity index (χ0) is 19.9. The van der Waals surface area contributed by atoms with E-state index in [1.165, 1.54) is 0 Å². The molecule has 8 heteroatoms. The Morgan fingerprint density at radius 1 is 1.14 bits per heavy atom. The van der Waals surface area contributed by atoms with Gasteiger partial charge in [-0.1, -0.05) is 29.3 Å². The first kappa shape index (κ1) is 23.6. The summed E-state index contributed by atoms with van der Waals surface area (Å²) < 4.78 is 11.3. The van der Waals surface area contributed by atoms with Crippen LogP contribution in [0.1, 0.15) is 28.8 Å². The molecule has 1 fully saturated rings. The van der Waals surface area contributed by atoms with Gasteiger partial charge in [0.25, 0.3) is 5.91 Å². The normalized spacial score (nSPS) is 14.0. The van der Waals surface area contributed by atoms with Gasteiger partial charge in [0.2, 0.25) is 0 Å². The molecule has 3 rings (SSSR count). The number of nitrogens with one attached hydrogen (secondary N) is 2. The lowest BCUT2D eigenvalue weighted by atomic mass is 10.1. The molecule has 2 aromatic carbocycles. The van der Waals surface area contributed by atoms with E-state index in [4.69, 9.17) is 32.7 Å². The van der Waals surface area contributed by atoms with Gasteiger partial charge in [0.1, 0.15) is 0 Å². The van der Waals surface area contributed by atoms with E-state index in [1.54, 1.807) is 37.4 Å². The van der Waals surface area contributed by atoms with E-state index in [9.17, 15) is 4.79 Å². The molecule has 5 nitrogen and oxygen atoms in total. The second-order valence-electron chi connectivity index (χ2n) is 6.70. The minimum atomic E-state index is -0.0971. The molecule has 2 aromatic rings. The third kappa shape index (κ3) is 6.68. The molecule has 1 amide bonds. The number of hydrogen-bond acceptors (Lipinski definition) is 4. The number of amides is 1. The largest absolute Gasteiger partial charge is 0.493 e. The number of ether oxygens (including phenoxy) is 2. The van der Waals surface area contributed by atoms with E-state index in [0.717, 1.165) is 31.5 Å². The van der Waals surface area contributed by atoms with E-state index >= 15 is 0 Å². The number of hydrogen-bond donors (Lipinski definition) is 2. The highest BCUT2D eigenvalue weighted by molar-refractivity contribution is 6.35. The third-order valence-corrected chi connectivity index (χ3v) is 5.33. The summed E-state index contributed by atoms with van der Waals surface area (Å²) >= 11 is 12.1. The lowest BCUT2D eigenvalue weighted by Gasteiger charge is -2.23. The van der Waals surface area contributed by atoms with Gasteiger partial charge in [0.15, 0.2) is 11.5 Å². The fourth-order valence-electron chi connectivity index (χ4n) is 3.16. The first-order chi connectivity index (χ1) is 13.6. The molecule has 1 saturated heterocycles. The van der Waals surface area contributed by atoms with Crippen LogP contribution in [0, 0.1) is 0 Å². The van der Waals surface area contributed by atoms with Gasteiger partial charge < -0.3 is 20.1 Å². The summed E-state index contributed by atoms with van der Waals surface area (Å²) in [6, 6.07) is 10.8. The van der Waals surface area contributed by atoms with E-state index in [1.807, 2.05) is 6.07 Å². The summed E-state index contributed by atoms with van der Waals surface area (Å²) in [6.07, 6.45) is 2.49. The number of benzene rings is 2. The summed E-state index contributed by atoms with van der Waals surface area (Å²) in [6.45, 7) is 2.25. The first-order valence-electron chi connectivity index (χ1n) is 9.33. The Morgan fingerprint density at radius 2 is 1.90 bits per heavy atom. The fourth-order valence-corrected chi connectivity index (χ4v) is 3.66. The highest BCUT2D eigenvalue weighted by Crippen LogP contribution is 2.29. The number of carbonyl (C=O) groups excluding carboxylic acids is 1. The summed E-state index contributed by atoms with van der Waals surface area (Å²) in [4.78, 5) is 12.6. The van der Waals surface area contributed by atoms with Crippen molar-refractivity contribution in [3.05, 3.63) is 57.6 Å². The van der Waals surface area contributed by atoms with Crippen LogP contribution in [-0.4, -0.2) is 38.8 Å². The van der Waals surface area contributed by atoms with Crippen LogP contribution in [0.2, 0.25) is 10.0 Å². The molecule has 0 bridgehead atoms. The van der Waals surface area contributed by atoms with Crippen molar-refractivity contribution in [1.82, 2.24) is 10.6 Å². The zero-order valence-electron chi connectivity index (χ0n) is 16.2. The number of halogens is 3. The van der Waals surface area contributed by atoms with E-state index < -0.39 is 0 Å². The predicted molar refractivity (Wildman–Crippen MR) is 119 cm³/mol. The number of methoxy groups -OCH3 is 1. The molecule has 0 spiro atoms. The Hall–Kier alpha value is -1.66. The van der Waals surface area contributed by atoms with Crippen molar-refractivity contribution >= 4 is 41.5 Å². The highest BCUT2D eigenvalue weighted by atomic mass is 35.5. The molecule has 2 N–H and O–H groups in total. The van der Waals surface area contributed by atoms with Crippen LogP contribution < -0.4 is 20.1 Å². The maximum absolute atomic E-state index is 12.6. The van der Waals surface area contributed by atoms with Crippen LogP contribution in [-0.2, 0) is 6.42 Å². The zero-order valence-corrected chi connectivity index (χ0v) is 18.5. The van der Waals surface area contributed by atoms with Crippen molar-refractivity contribution < 1.29 is 14.3 Å². The van der Waals surface area contributed by atoms with Crippen LogP contribution in [0.5, 0.6) is 11.5 Å². The summed E-state index contributed by atoms with van der Waals surface area (Å²) in [5.74, 6) is 1.02. The Balaban J connectivity index is 0.00000300. The summed E-state index contributed by atoms with van der Waals surface area (Å²) in [5, 5.41) is 7.59. The number of carbonyl (C=O) groups is 1. The first-order valence-corrected chi connectivity index (χ1v) is 10.1. The van der Waals surface area contributed by atoms with E-state index in [0.29, 0.717) is 40.1 Å². The number of piperidine rings is 1. The Kier molecular flexibility index (Phi) is 9.37. The average molecular weight is 460 g/mol. The smallest absolute Gasteiger partial charge is 0.251 e. The lowest BCUT2D eigenvalue weighted by molar-refractivity contribution is 0.0929. The molecule has 0 unspecified atom stereocenters. The van der Waals surface area contributed by atoms with E-state index in [-0.39, 0.29) is 24.4 Å². The minimum Gasteiger partial charge on any atom is -0.493 e. The van der Waals surface area contributed by atoms with Crippen molar-refractivity contribution in [3.8, 4) is 11.5 Å². The van der Waals surface area contributed by atoms with Gasteiger partial charge in [-0.25, -0.2) is 0 Å². The van der Waals surface area contributed by atoms with Crippen molar-refractivity contribution in [3.63, 3.8) is 0 Å². The predicted octanol–water partition coefficient (Wildman–Crippen LogP) is 4.53. The van der Waals surface area contributed by atoms with Crippen LogP contribution in [0.3, 0.4) is 0 Å². The second-order valence-corrected chi connectivity index (χ2v) is 7.54. The monoisotopic (exact) mass is 458 g/mol. The molecule has 1 aliphatic rings. The Labute approximate surface area is 187 Å². The van der Waals surface area contributed by atoms with E-state index in [2.05, 4.69) is 10.6 Å². The van der Waals surface area contributed by atoms with Gasteiger partial charge in [0, 0.05) is 28.1 Å². The maximum Gasteiger partial charge on any atom is 0.251 e. The van der Waals surface area contributed by atoms with Crippen molar-refractivity contribution in [2.45, 2.75) is 25.3 Å². The molecule has 1 heterocycles. The van der Waals surface area contributed by atoms with Gasteiger partial charge in [0.05, 0.1) is 13.7 Å². The van der Waals surface area contributed by atoms with Gasteiger partial charge in [-0.05, 0) is 61.8 Å². The van der Waals surface area contributed by atoms with Gasteiger partial charge in [-0.15, -0.1) is 12.4 Å². The topological polar surface area (TPSA) is 59.6 Å². The quantitative estimate of drug-likeness (QED) is 0.639. The molecule has 1 aliphatic heterocycles. The number of rotatable bonds is 7. The summed E-state index contributed by atoms with van der Waals surface area (Å²) in [5.41, 5.74) is 1.50. The molecular weight excluding hydrogens is 435 g/mol. The fraction of sp³-hybridized carbons (Fsp3) is 0.381. The molecule has 0 saturated carbocycles. The van der Waals surface area contributed by atoms with Crippen molar-refractivity contribution in [1.29, 1.82) is 0 Å². The molecular formula is C21H25Cl3N2O3. The lowest BCUT2D eigenvalue weighted by Crippen LogP contribution is -2.42. The standard InChI is InChI=1S/C21H24Cl2N2O3.ClH/c1-27-19-5-3-15(21(26)25-17-6-9-24-10-7-17)12-20(19)28-11-8-14-2-4-16(22)13-18(14)23;/h2-5,12-13,17,24H,6-11H2,1H3,(H,25,26);1H. The van der Waals surface area contributed by atoms with Crippen LogP contribution in [0.4, 0.5) is 0 Å². The SMILES string of the molecule is COc1ccc(C(=O)NC2CCNCC2)cc1OCCc1ccc(Cl)cc1Cl.Cl. The Bertz CT molecular complexity index is 827. The molecule has 158 valence electrons. The average Bonchev–Trinajstić information content (AvgIpc) is 2.70. The molecule has 29 heavy (non-hydrogen) atoms. The molecule has 0 aromatic heterocycles. The maximum atomic E-state index is 12.6. The van der Waals surface area contributed by atoms with Gasteiger partial charge in [-0.3, -0.25) is 4.79 Å². The van der Waals surface area contributed by atoms with Crippen LogP contribution >= 0.6 is 35.6 Å². The Morgan fingerprint density at radius 3 is 2.59 bits per heavy atom. The molecule has 0 atom stereocenters. The molecule has 0 radical (unpaired) electrons. The minimum absolute atomic E-state index is 0. The van der Waals surface area contributed by atoms with Gasteiger partial charge >= 0.3 is 0 Å². The van der Waals surface area contributed by atoms with Crippen molar-refractivity contribution in [2.75, 3.05) is 26.8 Å². The highest BCUT2D eigenvalue weighted by Gasteiger charge is 2.18.